The molecule has 1 heterocycles. The predicted octanol–water partition coefficient (Wildman–Crippen LogP) is 3.50. The Labute approximate surface area is 110 Å². The number of hydrogen-bond acceptors (Lipinski definition) is 2. The molecule has 0 aliphatic carbocycles. The molecule has 0 aromatic carbocycles. The van der Waals surface area contributed by atoms with Gasteiger partial charge in [-0.1, -0.05) is 34.6 Å². The molecule has 18 heavy (non-hydrogen) atoms. The van der Waals surface area contributed by atoms with Gasteiger partial charge in [0.25, 0.3) is 5.91 Å². The Hall–Kier alpha value is -1.25. The molecular weight excluding hydrogens is 226 g/mol. The van der Waals surface area contributed by atoms with Gasteiger partial charge in [0.05, 0.1) is 11.8 Å². The van der Waals surface area contributed by atoms with Crippen LogP contribution in [0.2, 0.25) is 0 Å². The maximum Gasteiger partial charge on any atom is 0.254 e. The molecule has 0 fully saturated rings. The highest BCUT2D eigenvalue weighted by Crippen LogP contribution is 2.20. The van der Waals surface area contributed by atoms with Crippen molar-refractivity contribution >= 4 is 5.91 Å². The number of amides is 1. The zero-order chi connectivity index (χ0) is 13.7. The molecule has 0 aliphatic heterocycles. The summed E-state index contributed by atoms with van der Waals surface area (Å²) in [6, 6.07) is 1.74. The van der Waals surface area contributed by atoms with E-state index >= 15 is 0 Å². The normalized spacial score (nSPS) is 11.6. The van der Waals surface area contributed by atoms with Crippen LogP contribution in [0.15, 0.2) is 16.7 Å². The fourth-order valence-electron chi connectivity index (χ4n) is 2.36. The summed E-state index contributed by atoms with van der Waals surface area (Å²) in [6.45, 7) is 11.5. The molecule has 1 amide bonds. The summed E-state index contributed by atoms with van der Waals surface area (Å²) in [5.74, 6) is 2.39. The zero-order valence-corrected chi connectivity index (χ0v) is 12.1. The Balaban J connectivity index is 2.60. The zero-order valence-electron chi connectivity index (χ0n) is 12.1. The lowest BCUT2D eigenvalue weighted by molar-refractivity contribution is 0.0935. The molecule has 1 aromatic rings. The smallest absolute Gasteiger partial charge is 0.254 e. The van der Waals surface area contributed by atoms with Gasteiger partial charge in [0.1, 0.15) is 5.76 Å². The molecule has 0 saturated carbocycles. The van der Waals surface area contributed by atoms with Crippen molar-refractivity contribution in [3.05, 3.63) is 23.7 Å². The quantitative estimate of drug-likeness (QED) is 0.840. The molecule has 0 aliphatic rings. The van der Waals surface area contributed by atoms with E-state index in [4.69, 9.17) is 4.42 Å². The summed E-state index contributed by atoms with van der Waals surface area (Å²) in [6.07, 6.45) is 2.32. The highest BCUT2D eigenvalue weighted by Gasteiger charge is 2.20. The van der Waals surface area contributed by atoms with Crippen LogP contribution in [0.25, 0.3) is 0 Å². The molecular formula is C15H25NO2. The van der Waals surface area contributed by atoms with E-state index in [1.807, 2.05) is 6.92 Å². The molecule has 0 saturated heterocycles. The van der Waals surface area contributed by atoms with Crippen molar-refractivity contribution in [1.29, 1.82) is 0 Å². The van der Waals surface area contributed by atoms with Crippen molar-refractivity contribution in [2.75, 3.05) is 6.54 Å². The molecule has 0 unspecified atom stereocenters. The van der Waals surface area contributed by atoms with Gasteiger partial charge < -0.3 is 9.73 Å². The Morgan fingerprint density at radius 1 is 1.28 bits per heavy atom. The number of nitrogens with one attached hydrogen (secondary N) is 1. The minimum atomic E-state index is -0.0214. The first-order valence-corrected chi connectivity index (χ1v) is 6.81. The number of aryl methyl sites for hydroxylation is 1. The maximum atomic E-state index is 12.1. The van der Waals surface area contributed by atoms with Crippen molar-refractivity contribution in [3.8, 4) is 0 Å². The van der Waals surface area contributed by atoms with Gasteiger partial charge in [0.15, 0.2) is 0 Å². The topological polar surface area (TPSA) is 42.2 Å². The predicted molar refractivity (Wildman–Crippen MR) is 73.6 cm³/mol. The molecule has 1 N–H and O–H groups in total. The molecule has 1 aromatic heterocycles. The van der Waals surface area contributed by atoms with Crippen LogP contribution >= 0.6 is 0 Å². The Morgan fingerprint density at radius 2 is 1.89 bits per heavy atom. The summed E-state index contributed by atoms with van der Waals surface area (Å²) in [5.41, 5.74) is 0.670. The third kappa shape index (κ3) is 3.62. The standard InChI is InChI=1S/C15H25NO2/c1-6-14-12(7-8-18-14)15(17)16-9-13(10(2)3)11(4)5/h7-8,10-11,13H,6,9H2,1-5H3,(H,16,17). The van der Waals surface area contributed by atoms with E-state index in [9.17, 15) is 4.79 Å². The summed E-state index contributed by atoms with van der Waals surface area (Å²) in [7, 11) is 0. The number of furan rings is 1. The van der Waals surface area contributed by atoms with Crippen LogP contribution in [-0.2, 0) is 6.42 Å². The Bertz CT molecular complexity index is 372. The first-order chi connectivity index (χ1) is 8.47. The van der Waals surface area contributed by atoms with Crippen molar-refractivity contribution in [1.82, 2.24) is 5.32 Å². The molecule has 1 rings (SSSR count). The molecule has 0 bridgehead atoms. The van der Waals surface area contributed by atoms with Gasteiger partial charge in [0.2, 0.25) is 0 Å². The van der Waals surface area contributed by atoms with E-state index in [0.717, 1.165) is 18.7 Å². The minimum Gasteiger partial charge on any atom is -0.469 e. The van der Waals surface area contributed by atoms with E-state index in [1.54, 1.807) is 12.3 Å². The van der Waals surface area contributed by atoms with Crippen LogP contribution in [0.1, 0.15) is 50.7 Å². The van der Waals surface area contributed by atoms with Gasteiger partial charge in [-0.25, -0.2) is 0 Å². The second-order valence-electron chi connectivity index (χ2n) is 5.47. The van der Waals surface area contributed by atoms with E-state index in [2.05, 4.69) is 33.0 Å². The Morgan fingerprint density at radius 3 is 2.39 bits per heavy atom. The van der Waals surface area contributed by atoms with Crippen LogP contribution < -0.4 is 5.32 Å². The van der Waals surface area contributed by atoms with Crippen LogP contribution in [0, 0.1) is 17.8 Å². The van der Waals surface area contributed by atoms with Crippen molar-refractivity contribution in [2.45, 2.75) is 41.0 Å². The average molecular weight is 251 g/mol. The largest absolute Gasteiger partial charge is 0.469 e. The molecule has 102 valence electrons. The molecule has 3 nitrogen and oxygen atoms in total. The summed E-state index contributed by atoms with van der Waals surface area (Å²) < 4.78 is 5.28. The Kier molecular flexibility index (Phi) is 5.45. The monoisotopic (exact) mass is 251 g/mol. The van der Waals surface area contributed by atoms with E-state index < -0.39 is 0 Å². The van der Waals surface area contributed by atoms with Gasteiger partial charge in [-0.15, -0.1) is 0 Å². The molecule has 3 heteroatoms. The highest BCUT2D eigenvalue weighted by molar-refractivity contribution is 5.95. The SMILES string of the molecule is CCc1occc1C(=O)NCC(C(C)C)C(C)C. The van der Waals surface area contributed by atoms with Crippen LogP contribution in [-0.4, -0.2) is 12.5 Å². The summed E-state index contributed by atoms with van der Waals surface area (Å²) in [4.78, 5) is 12.1. The number of hydrogen-bond donors (Lipinski definition) is 1. The average Bonchev–Trinajstić information content (AvgIpc) is 2.75. The number of rotatable bonds is 6. The van der Waals surface area contributed by atoms with Gasteiger partial charge >= 0.3 is 0 Å². The first-order valence-electron chi connectivity index (χ1n) is 6.81. The fraction of sp³-hybridized carbons (Fsp3) is 0.667. The summed E-state index contributed by atoms with van der Waals surface area (Å²) >= 11 is 0. The third-order valence-electron chi connectivity index (χ3n) is 3.52. The first kappa shape index (κ1) is 14.8. The van der Waals surface area contributed by atoms with Crippen LogP contribution in [0.3, 0.4) is 0 Å². The second kappa shape index (κ2) is 6.62. The van der Waals surface area contributed by atoms with Crippen molar-refractivity contribution < 1.29 is 9.21 Å². The lowest BCUT2D eigenvalue weighted by atomic mass is 9.85. The minimum absolute atomic E-state index is 0.0214. The second-order valence-corrected chi connectivity index (χ2v) is 5.47. The van der Waals surface area contributed by atoms with Crippen molar-refractivity contribution in [2.24, 2.45) is 17.8 Å². The molecule has 0 atom stereocenters. The number of carbonyl (C=O) groups is 1. The lowest BCUT2D eigenvalue weighted by Gasteiger charge is -2.25. The van der Waals surface area contributed by atoms with Gasteiger partial charge in [-0.2, -0.15) is 0 Å². The molecule has 0 spiro atoms. The fourth-order valence-corrected chi connectivity index (χ4v) is 2.36. The lowest BCUT2D eigenvalue weighted by Crippen LogP contribution is -2.34. The third-order valence-corrected chi connectivity index (χ3v) is 3.52. The highest BCUT2D eigenvalue weighted by atomic mass is 16.3. The van der Waals surface area contributed by atoms with Crippen LogP contribution in [0.5, 0.6) is 0 Å². The molecule has 0 radical (unpaired) electrons. The van der Waals surface area contributed by atoms with Crippen molar-refractivity contribution in [3.63, 3.8) is 0 Å². The van der Waals surface area contributed by atoms with Crippen LogP contribution in [0.4, 0.5) is 0 Å². The van der Waals surface area contributed by atoms with Gasteiger partial charge in [-0.05, 0) is 23.8 Å². The maximum absolute atomic E-state index is 12.1. The van der Waals surface area contributed by atoms with Gasteiger partial charge in [-0.3, -0.25) is 4.79 Å². The van der Waals surface area contributed by atoms with E-state index in [0.29, 0.717) is 23.3 Å². The van der Waals surface area contributed by atoms with Gasteiger partial charge in [0, 0.05) is 13.0 Å². The van der Waals surface area contributed by atoms with E-state index in [1.165, 1.54) is 0 Å². The number of carbonyl (C=O) groups excluding carboxylic acids is 1. The van der Waals surface area contributed by atoms with E-state index in [-0.39, 0.29) is 5.91 Å². The summed E-state index contributed by atoms with van der Waals surface area (Å²) in [5, 5.41) is 3.02.